The van der Waals surface area contributed by atoms with Crippen molar-refractivity contribution in [3.05, 3.63) is 30.5 Å². The van der Waals surface area contributed by atoms with Gasteiger partial charge in [-0.3, -0.25) is 14.5 Å². The maximum absolute atomic E-state index is 13.5. The van der Waals surface area contributed by atoms with Crippen LogP contribution < -0.4 is 15.0 Å². The van der Waals surface area contributed by atoms with E-state index in [-0.39, 0.29) is 41.3 Å². The minimum atomic E-state index is -1.47. The second-order valence-electron chi connectivity index (χ2n) is 10.8. The summed E-state index contributed by atoms with van der Waals surface area (Å²) in [5.74, 6) is 0.747. The first kappa shape index (κ1) is 26.7. The van der Waals surface area contributed by atoms with Gasteiger partial charge < -0.3 is 15.2 Å². The first-order valence-corrected chi connectivity index (χ1v) is 13.5. The van der Waals surface area contributed by atoms with Crippen molar-refractivity contribution < 1.29 is 24.2 Å². The number of nitrogens with one attached hydrogen (secondary N) is 1. The molecule has 0 bridgehead atoms. The maximum Gasteiger partial charge on any atom is 0.511 e. The summed E-state index contributed by atoms with van der Waals surface area (Å²) in [4.78, 5) is 39.1. The number of aromatic nitrogens is 2. The Balaban J connectivity index is 1.56. The van der Waals surface area contributed by atoms with E-state index in [1.165, 1.54) is 17.3 Å². The van der Waals surface area contributed by atoms with Crippen LogP contribution in [0.25, 0.3) is 5.69 Å². The Labute approximate surface area is 218 Å². The molecule has 2 aliphatic rings. The molecule has 37 heavy (non-hydrogen) atoms. The van der Waals surface area contributed by atoms with Crippen LogP contribution in [-0.4, -0.2) is 38.9 Å². The lowest BCUT2D eigenvalue weighted by Crippen LogP contribution is -2.42. The van der Waals surface area contributed by atoms with E-state index in [0.29, 0.717) is 17.3 Å². The number of ether oxygens (including phenoxy) is 1. The van der Waals surface area contributed by atoms with Crippen LogP contribution >= 0.6 is 0 Å². The largest absolute Gasteiger partial charge is 0.511 e. The van der Waals surface area contributed by atoms with Crippen molar-refractivity contribution in [1.82, 2.24) is 9.78 Å². The van der Waals surface area contributed by atoms with E-state index in [1.54, 1.807) is 29.2 Å². The zero-order valence-electron chi connectivity index (χ0n) is 22.0. The molecule has 0 radical (unpaired) electrons. The molecular formula is C28H38N4O5. The van der Waals surface area contributed by atoms with Gasteiger partial charge in [0.05, 0.1) is 11.9 Å². The molecule has 0 unspecified atom stereocenters. The summed E-state index contributed by atoms with van der Waals surface area (Å²) in [6, 6.07) is 6.95. The first-order chi connectivity index (χ1) is 17.7. The van der Waals surface area contributed by atoms with Gasteiger partial charge in [-0.15, -0.1) is 5.10 Å². The molecule has 9 heteroatoms. The van der Waals surface area contributed by atoms with Crippen molar-refractivity contribution in [2.24, 2.45) is 17.8 Å². The Morgan fingerprint density at radius 3 is 2.24 bits per heavy atom. The van der Waals surface area contributed by atoms with Crippen LogP contribution in [-0.2, 0) is 9.59 Å². The minimum absolute atomic E-state index is 0.00778. The summed E-state index contributed by atoms with van der Waals surface area (Å²) in [7, 11) is 0. The van der Waals surface area contributed by atoms with E-state index >= 15 is 0 Å². The number of nitrogens with zero attached hydrogens (tertiary/aromatic N) is 3. The third-order valence-electron chi connectivity index (χ3n) is 7.58. The van der Waals surface area contributed by atoms with E-state index in [0.717, 1.165) is 51.4 Å². The number of hydrogen-bond donors (Lipinski definition) is 2. The molecule has 2 saturated carbocycles. The Morgan fingerprint density at radius 1 is 1.00 bits per heavy atom. The summed E-state index contributed by atoms with van der Waals surface area (Å²) in [6.07, 6.45) is 8.86. The van der Waals surface area contributed by atoms with Crippen LogP contribution in [0.3, 0.4) is 0 Å². The number of anilines is 2. The van der Waals surface area contributed by atoms with Crippen molar-refractivity contribution in [2.45, 2.75) is 84.6 Å². The number of hydrogen-bond acceptors (Lipinski definition) is 5. The number of rotatable bonds is 7. The monoisotopic (exact) mass is 510 g/mol. The molecule has 0 atom stereocenters. The zero-order valence-corrected chi connectivity index (χ0v) is 22.0. The number of carbonyl (C=O) groups excluding carboxylic acids is 2. The van der Waals surface area contributed by atoms with Crippen LogP contribution in [0.2, 0.25) is 0 Å². The lowest BCUT2D eigenvalue weighted by atomic mass is 9.82. The van der Waals surface area contributed by atoms with Crippen molar-refractivity contribution >= 4 is 29.5 Å². The van der Waals surface area contributed by atoms with E-state index < -0.39 is 6.16 Å². The fourth-order valence-corrected chi connectivity index (χ4v) is 5.43. The second kappa shape index (κ2) is 11.8. The highest BCUT2D eigenvalue weighted by molar-refractivity contribution is 5.96. The molecule has 200 valence electrons. The molecule has 1 aromatic carbocycles. The summed E-state index contributed by atoms with van der Waals surface area (Å²) in [5, 5.41) is 16.9. The van der Waals surface area contributed by atoms with E-state index in [4.69, 9.17) is 4.74 Å². The predicted octanol–water partition coefficient (Wildman–Crippen LogP) is 6.02. The molecule has 2 aliphatic carbocycles. The number of carbonyl (C=O) groups is 3. The lowest BCUT2D eigenvalue weighted by Gasteiger charge is -2.32. The van der Waals surface area contributed by atoms with Gasteiger partial charge >= 0.3 is 6.16 Å². The Bertz CT molecular complexity index is 1100. The normalized spacial score (nSPS) is 20.4. The van der Waals surface area contributed by atoms with Gasteiger partial charge in [-0.2, -0.15) is 0 Å². The molecule has 0 spiro atoms. The smallest absolute Gasteiger partial charge is 0.449 e. The highest BCUT2D eigenvalue weighted by Gasteiger charge is 2.34. The fourth-order valence-electron chi connectivity index (χ4n) is 5.43. The quantitative estimate of drug-likeness (QED) is 0.441. The highest BCUT2D eigenvalue weighted by atomic mass is 16.7. The highest BCUT2D eigenvalue weighted by Crippen LogP contribution is 2.35. The lowest BCUT2D eigenvalue weighted by molar-refractivity contribution is -0.124. The standard InChI is InChI=1S/C28H38N4O5/c1-18(2)32(27(34)21-11-9-19(3)10-12-21)25-24(37-28(35)36)17-31(30-25)23-15-13-22(14-16-23)29-26(33)20-7-5-4-6-8-20/h13-21H,4-12H2,1-3H3,(H,29,33)(H,35,36). The molecular weight excluding hydrogens is 472 g/mol. The topological polar surface area (TPSA) is 114 Å². The van der Waals surface area contributed by atoms with Gasteiger partial charge in [0.2, 0.25) is 17.6 Å². The summed E-state index contributed by atoms with van der Waals surface area (Å²) in [5.41, 5.74) is 1.35. The molecule has 2 N–H and O–H groups in total. The van der Waals surface area contributed by atoms with Gasteiger partial charge in [0.25, 0.3) is 0 Å². The van der Waals surface area contributed by atoms with E-state index in [2.05, 4.69) is 17.3 Å². The third-order valence-corrected chi connectivity index (χ3v) is 7.58. The Morgan fingerprint density at radius 2 is 1.65 bits per heavy atom. The third kappa shape index (κ3) is 6.50. The summed E-state index contributed by atoms with van der Waals surface area (Å²) < 4.78 is 6.57. The number of carboxylic acid groups (broad SMARTS) is 1. The van der Waals surface area contributed by atoms with Crippen molar-refractivity contribution in [3.8, 4) is 11.4 Å². The molecule has 2 amide bonds. The van der Waals surface area contributed by atoms with Crippen LogP contribution in [0.15, 0.2) is 30.5 Å². The van der Waals surface area contributed by atoms with Crippen molar-refractivity contribution in [1.29, 1.82) is 0 Å². The van der Waals surface area contributed by atoms with Crippen LogP contribution in [0.1, 0.15) is 78.6 Å². The van der Waals surface area contributed by atoms with Gasteiger partial charge in [-0.05, 0) is 82.6 Å². The zero-order chi connectivity index (χ0) is 26.5. The molecule has 2 fully saturated rings. The minimum Gasteiger partial charge on any atom is -0.449 e. The summed E-state index contributed by atoms with van der Waals surface area (Å²) >= 11 is 0. The molecule has 0 aliphatic heterocycles. The Hall–Kier alpha value is -3.36. The average molecular weight is 511 g/mol. The fraction of sp³-hybridized carbons (Fsp3) is 0.571. The van der Waals surface area contributed by atoms with Gasteiger partial charge in [0.15, 0.2) is 5.75 Å². The average Bonchev–Trinajstić information content (AvgIpc) is 3.27. The van der Waals surface area contributed by atoms with Gasteiger partial charge in [-0.25, -0.2) is 9.48 Å². The summed E-state index contributed by atoms with van der Waals surface area (Å²) in [6.45, 7) is 5.97. The number of amides is 2. The maximum atomic E-state index is 13.5. The number of benzene rings is 1. The van der Waals surface area contributed by atoms with Gasteiger partial charge in [-0.1, -0.05) is 26.2 Å². The molecule has 2 aromatic rings. The van der Waals surface area contributed by atoms with Gasteiger partial charge in [0, 0.05) is 23.6 Å². The van der Waals surface area contributed by atoms with Crippen molar-refractivity contribution in [2.75, 3.05) is 10.2 Å². The van der Waals surface area contributed by atoms with Gasteiger partial charge in [0.1, 0.15) is 0 Å². The second-order valence-corrected chi connectivity index (χ2v) is 10.8. The molecule has 4 rings (SSSR count). The molecule has 0 saturated heterocycles. The molecule has 9 nitrogen and oxygen atoms in total. The first-order valence-electron chi connectivity index (χ1n) is 13.5. The van der Waals surface area contributed by atoms with Crippen LogP contribution in [0.5, 0.6) is 5.75 Å². The van der Waals surface area contributed by atoms with Crippen LogP contribution in [0.4, 0.5) is 16.3 Å². The predicted molar refractivity (Wildman–Crippen MR) is 141 cm³/mol. The SMILES string of the molecule is CC1CCC(C(=O)N(c2nn(-c3ccc(NC(=O)C4CCCCC4)cc3)cc2OC(=O)O)C(C)C)CC1. The van der Waals surface area contributed by atoms with E-state index in [9.17, 15) is 19.5 Å². The van der Waals surface area contributed by atoms with Crippen LogP contribution in [0, 0.1) is 17.8 Å². The van der Waals surface area contributed by atoms with E-state index in [1.807, 2.05) is 13.8 Å². The Kier molecular flexibility index (Phi) is 8.51. The van der Waals surface area contributed by atoms with Crippen molar-refractivity contribution in [3.63, 3.8) is 0 Å². The molecule has 1 aromatic heterocycles. The molecule has 1 heterocycles.